The topological polar surface area (TPSA) is 18.5 Å². The maximum Gasteiger partial charge on any atom is 0.118 e. The van der Waals surface area contributed by atoms with E-state index in [0.29, 0.717) is 12.0 Å². The first-order valence-corrected chi connectivity index (χ1v) is 5.60. The second kappa shape index (κ2) is 4.67. The second-order valence-corrected chi connectivity index (χ2v) is 4.04. The molecule has 0 amide bonds. The minimum atomic E-state index is 0.434. The van der Waals surface area contributed by atoms with E-state index in [2.05, 4.69) is 19.1 Å². The SMILES string of the molecule is CCC[C@H]1OC[C@@H]1c1ccc(OC)cc1. The van der Waals surface area contributed by atoms with E-state index in [4.69, 9.17) is 9.47 Å². The molecule has 2 nitrogen and oxygen atoms in total. The third kappa shape index (κ3) is 2.15. The molecule has 2 rings (SSSR count). The summed E-state index contributed by atoms with van der Waals surface area (Å²) in [5.74, 6) is 1.52. The monoisotopic (exact) mass is 206 g/mol. The molecule has 82 valence electrons. The number of ether oxygens (including phenoxy) is 2. The van der Waals surface area contributed by atoms with Gasteiger partial charge in [0.1, 0.15) is 5.75 Å². The standard InChI is InChI=1S/C13H18O2/c1-3-4-13-12(9-15-13)10-5-7-11(14-2)8-6-10/h5-8,12-13H,3-4,9H2,1-2H3/t12-,13-/m1/s1. The third-order valence-electron chi connectivity index (χ3n) is 3.06. The van der Waals surface area contributed by atoms with Gasteiger partial charge in [-0.3, -0.25) is 0 Å². The second-order valence-electron chi connectivity index (χ2n) is 4.04. The Kier molecular flexibility index (Phi) is 3.27. The van der Waals surface area contributed by atoms with Crippen LogP contribution in [0.15, 0.2) is 24.3 Å². The highest BCUT2D eigenvalue weighted by Gasteiger charge is 2.32. The molecule has 15 heavy (non-hydrogen) atoms. The third-order valence-corrected chi connectivity index (χ3v) is 3.06. The van der Waals surface area contributed by atoms with Crippen molar-refractivity contribution in [2.24, 2.45) is 0 Å². The first-order chi connectivity index (χ1) is 7.35. The Morgan fingerprint density at radius 1 is 1.33 bits per heavy atom. The Hall–Kier alpha value is -1.02. The molecule has 1 aliphatic heterocycles. The first-order valence-electron chi connectivity index (χ1n) is 5.60. The van der Waals surface area contributed by atoms with E-state index in [1.54, 1.807) is 7.11 Å². The Morgan fingerprint density at radius 2 is 2.07 bits per heavy atom. The molecule has 1 heterocycles. The highest BCUT2D eigenvalue weighted by Crippen LogP contribution is 2.34. The van der Waals surface area contributed by atoms with Crippen LogP contribution in [0.2, 0.25) is 0 Å². The number of hydrogen-bond donors (Lipinski definition) is 0. The summed E-state index contributed by atoms with van der Waals surface area (Å²) < 4.78 is 10.7. The molecule has 0 radical (unpaired) electrons. The molecule has 1 aromatic carbocycles. The van der Waals surface area contributed by atoms with Crippen LogP contribution < -0.4 is 4.74 Å². The molecule has 0 spiro atoms. The molecule has 2 atom stereocenters. The maximum atomic E-state index is 5.56. The predicted octanol–water partition coefficient (Wildman–Crippen LogP) is 2.98. The zero-order valence-electron chi connectivity index (χ0n) is 9.40. The van der Waals surface area contributed by atoms with E-state index in [-0.39, 0.29) is 0 Å². The van der Waals surface area contributed by atoms with Crippen LogP contribution in [-0.4, -0.2) is 19.8 Å². The summed E-state index contributed by atoms with van der Waals surface area (Å²) in [5.41, 5.74) is 1.38. The molecule has 0 unspecified atom stereocenters. The quantitative estimate of drug-likeness (QED) is 0.754. The summed E-state index contributed by atoms with van der Waals surface area (Å²) >= 11 is 0. The first kappa shape index (κ1) is 10.5. The van der Waals surface area contributed by atoms with Gasteiger partial charge in [-0.1, -0.05) is 25.5 Å². The smallest absolute Gasteiger partial charge is 0.118 e. The van der Waals surface area contributed by atoms with Crippen molar-refractivity contribution in [2.75, 3.05) is 13.7 Å². The summed E-state index contributed by atoms with van der Waals surface area (Å²) in [4.78, 5) is 0. The molecular weight excluding hydrogens is 188 g/mol. The van der Waals surface area contributed by atoms with Crippen LogP contribution in [-0.2, 0) is 4.74 Å². The van der Waals surface area contributed by atoms with Gasteiger partial charge in [0, 0.05) is 5.92 Å². The van der Waals surface area contributed by atoms with E-state index >= 15 is 0 Å². The van der Waals surface area contributed by atoms with Crippen molar-refractivity contribution < 1.29 is 9.47 Å². The Morgan fingerprint density at radius 3 is 2.53 bits per heavy atom. The fourth-order valence-electron chi connectivity index (χ4n) is 2.06. The number of rotatable bonds is 4. The summed E-state index contributed by atoms with van der Waals surface area (Å²) in [7, 11) is 1.70. The van der Waals surface area contributed by atoms with Crippen LogP contribution in [0.25, 0.3) is 0 Å². The van der Waals surface area contributed by atoms with E-state index in [1.807, 2.05) is 12.1 Å². The lowest BCUT2D eigenvalue weighted by molar-refractivity contribution is -0.0807. The van der Waals surface area contributed by atoms with Crippen LogP contribution in [0.5, 0.6) is 5.75 Å². The molecule has 0 aliphatic carbocycles. The molecule has 0 aromatic heterocycles. The van der Waals surface area contributed by atoms with E-state index in [9.17, 15) is 0 Å². The van der Waals surface area contributed by atoms with E-state index in [1.165, 1.54) is 12.0 Å². The highest BCUT2D eigenvalue weighted by atomic mass is 16.5. The Balaban J connectivity index is 2.03. The van der Waals surface area contributed by atoms with Gasteiger partial charge in [-0.25, -0.2) is 0 Å². The van der Waals surface area contributed by atoms with Crippen molar-refractivity contribution in [3.63, 3.8) is 0 Å². The van der Waals surface area contributed by atoms with Gasteiger partial charge in [0.25, 0.3) is 0 Å². The van der Waals surface area contributed by atoms with Crippen molar-refractivity contribution in [1.82, 2.24) is 0 Å². The van der Waals surface area contributed by atoms with Crippen molar-refractivity contribution in [3.8, 4) is 5.75 Å². The summed E-state index contributed by atoms with van der Waals surface area (Å²) in [6.45, 7) is 3.07. The van der Waals surface area contributed by atoms with Crippen molar-refractivity contribution in [2.45, 2.75) is 31.8 Å². The van der Waals surface area contributed by atoms with Crippen LogP contribution in [0.1, 0.15) is 31.2 Å². The molecule has 0 N–H and O–H groups in total. The summed E-state index contributed by atoms with van der Waals surface area (Å²) in [6.07, 6.45) is 2.79. The maximum absolute atomic E-state index is 5.56. The van der Waals surface area contributed by atoms with Crippen LogP contribution >= 0.6 is 0 Å². The fourth-order valence-corrected chi connectivity index (χ4v) is 2.06. The molecule has 1 saturated heterocycles. The minimum Gasteiger partial charge on any atom is -0.497 e. The molecule has 2 heteroatoms. The molecule has 1 fully saturated rings. The Bertz CT molecular complexity index is 305. The molecular formula is C13H18O2. The lowest BCUT2D eigenvalue weighted by Crippen LogP contribution is -2.37. The molecule has 1 aliphatic rings. The average Bonchev–Trinajstić information content (AvgIpc) is 2.25. The normalized spacial score (nSPS) is 24.7. The zero-order valence-corrected chi connectivity index (χ0v) is 9.40. The van der Waals surface area contributed by atoms with Crippen LogP contribution in [0, 0.1) is 0 Å². The van der Waals surface area contributed by atoms with Crippen LogP contribution in [0.3, 0.4) is 0 Å². The van der Waals surface area contributed by atoms with Gasteiger partial charge in [-0.05, 0) is 24.1 Å². The number of hydrogen-bond acceptors (Lipinski definition) is 2. The zero-order chi connectivity index (χ0) is 10.7. The summed E-state index contributed by atoms with van der Waals surface area (Å²) in [6, 6.07) is 8.34. The van der Waals surface area contributed by atoms with Crippen molar-refractivity contribution >= 4 is 0 Å². The van der Waals surface area contributed by atoms with E-state index in [0.717, 1.165) is 18.8 Å². The largest absolute Gasteiger partial charge is 0.497 e. The van der Waals surface area contributed by atoms with Crippen molar-refractivity contribution in [1.29, 1.82) is 0 Å². The molecule has 0 saturated carbocycles. The number of methoxy groups -OCH3 is 1. The van der Waals surface area contributed by atoms with E-state index < -0.39 is 0 Å². The summed E-state index contributed by atoms with van der Waals surface area (Å²) in [5, 5.41) is 0. The van der Waals surface area contributed by atoms with Gasteiger partial charge in [-0.15, -0.1) is 0 Å². The van der Waals surface area contributed by atoms with Crippen LogP contribution in [0.4, 0.5) is 0 Å². The lowest BCUT2D eigenvalue weighted by atomic mass is 9.87. The predicted molar refractivity (Wildman–Crippen MR) is 60.4 cm³/mol. The van der Waals surface area contributed by atoms with Gasteiger partial charge < -0.3 is 9.47 Å². The van der Waals surface area contributed by atoms with Gasteiger partial charge >= 0.3 is 0 Å². The minimum absolute atomic E-state index is 0.434. The highest BCUT2D eigenvalue weighted by molar-refractivity contribution is 5.31. The van der Waals surface area contributed by atoms with Gasteiger partial charge in [0.2, 0.25) is 0 Å². The number of benzene rings is 1. The average molecular weight is 206 g/mol. The van der Waals surface area contributed by atoms with Crippen molar-refractivity contribution in [3.05, 3.63) is 29.8 Å². The lowest BCUT2D eigenvalue weighted by Gasteiger charge is -2.37. The van der Waals surface area contributed by atoms with Gasteiger partial charge in [-0.2, -0.15) is 0 Å². The molecule has 0 bridgehead atoms. The Labute approximate surface area is 91.2 Å². The fraction of sp³-hybridized carbons (Fsp3) is 0.538. The van der Waals surface area contributed by atoms with Gasteiger partial charge in [0.05, 0.1) is 19.8 Å². The van der Waals surface area contributed by atoms with Gasteiger partial charge in [0.15, 0.2) is 0 Å². The molecule has 1 aromatic rings.